The molecular weight excluding hydrogens is 356 g/mol. The van der Waals surface area contributed by atoms with E-state index < -0.39 is 18.6 Å². The van der Waals surface area contributed by atoms with Gasteiger partial charge < -0.3 is 10.1 Å². The number of nitrogens with zero attached hydrogens (tertiary/aromatic N) is 2. The van der Waals surface area contributed by atoms with Gasteiger partial charge in [0.1, 0.15) is 17.5 Å². The minimum Gasteiger partial charge on any atom is -0.433 e. The number of hydrazone groups is 1. The van der Waals surface area contributed by atoms with Crippen LogP contribution in [-0.4, -0.2) is 30.1 Å². The Hall–Kier alpha value is -3.29. The Labute approximate surface area is 154 Å². The number of rotatable bonds is 6. The number of Topliss-reactive ketones (excluding diaryl/α,β-unsaturated/α-hetero) is 1. The molecule has 0 saturated heterocycles. The van der Waals surface area contributed by atoms with Gasteiger partial charge in [-0.2, -0.15) is 13.9 Å². The summed E-state index contributed by atoms with van der Waals surface area (Å²) in [6.45, 7) is -1.58. The summed E-state index contributed by atoms with van der Waals surface area (Å²) in [7, 11) is 0. The smallest absolute Gasteiger partial charge is 0.387 e. The predicted molar refractivity (Wildman–Crippen MR) is 97.1 cm³/mol. The molecule has 27 heavy (non-hydrogen) atoms. The molecule has 6 nitrogen and oxygen atoms in total. The van der Waals surface area contributed by atoms with Crippen molar-refractivity contribution in [3.63, 3.8) is 0 Å². The molecule has 0 saturated carbocycles. The van der Waals surface area contributed by atoms with Crippen molar-refractivity contribution in [2.75, 3.05) is 10.3 Å². The van der Waals surface area contributed by atoms with Crippen molar-refractivity contribution in [1.29, 1.82) is 0 Å². The van der Waals surface area contributed by atoms with E-state index >= 15 is 0 Å². The molecule has 1 aliphatic heterocycles. The number of hydrogen-bond acceptors (Lipinski definition) is 5. The standard InChI is InChI=1S/C19H17F2N3O3/c1-12(25)16-11-15(23-24(16)13-7-3-2-4-8-13)18(26)22-14-9-5-6-10-17(14)27-19(20)21/h2-10,16,19H,11H2,1H3,(H,22,26). The number of benzene rings is 2. The van der Waals surface area contributed by atoms with Crippen LogP contribution in [0.1, 0.15) is 13.3 Å². The van der Waals surface area contributed by atoms with Gasteiger partial charge >= 0.3 is 6.61 Å². The second kappa shape index (κ2) is 7.94. The highest BCUT2D eigenvalue weighted by molar-refractivity contribution is 6.44. The van der Waals surface area contributed by atoms with Crippen molar-refractivity contribution in [3.05, 3.63) is 54.6 Å². The lowest BCUT2D eigenvalue weighted by molar-refractivity contribution is -0.118. The number of halogens is 2. The molecule has 0 bridgehead atoms. The first kappa shape index (κ1) is 18.5. The van der Waals surface area contributed by atoms with Gasteiger partial charge in [0.25, 0.3) is 5.91 Å². The molecule has 0 aliphatic carbocycles. The van der Waals surface area contributed by atoms with Crippen molar-refractivity contribution >= 4 is 28.8 Å². The van der Waals surface area contributed by atoms with E-state index in [9.17, 15) is 18.4 Å². The van der Waals surface area contributed by atoms with Crippen LogP contribution in [0.15, 0.2) is 59.7 Å². The molecule has 1 unspecified atom stereocenters. The fourth-order valence-electron chi connectivity index (χ4n) is 2.75. The van der Waals surface area contributed by atoms with Crippen LogP contribution < -0.4 is 15.1 Å². The molecule has 1 aliphatic rings. The summed E-state index contributed by atoms with van der Waals surface area (Å²) in [5.41, 5.74) is 0.913. The van der Waals surface area contributed by atoms with Crippen LogP contribution >= 0.6 is 0 Å². The van der Waals surface area contributed by atoms with Gasteiger partial charge in [-0.3, -0.25) is 14.6 Å². The third-order valence-electron chi connectivity index (χ3n) is 4.01. The fraction of sp³-hybridized carbons (Fsp3) is 0.211. The average molecular weight is 373 g/mol. The molecule has 1 amide bonds. The maximum Gasteiger partial charge on any atom is 0.387 e. The van der Waals surface area contributed by atoms with Crippen LogP contribution in [0, 0.1) is 0 Å². The lowest BCUT2D eigenvalue weighted by atomic mass is 10.1. The normalized spacial score (nSPS) is 16.2. The quantitative estimate of drug-likeness (QED) is 0.842. The molecule has 2 aromatic rings. The Kier molecular flexibility index (Phi) is 5.44. The molecule has 2 aromatic carbocycles. The van der Waals surface area contributed by atoms with E-state index in [1.54, 1.807) is 30.3 Å². The van der Waals surface area contributed by atoms with Gasteiger partial charge in [-0.05, 0) is 31.2 Å². The Morgan fingerprint density at radius 3 is 2.48 bits per heavy atom. The van der Waals surface area contributed by atoms with Crippen molar-refractivity contribution in [1.82, 2.24) is 0 Å². The van der Waals surface area contributed by atoms with Crippen molar-refractivity contribution < 1.29 is 23.1 Å². The van der Waals surface area contributed by atoms with Gasteiger partial charge in [-0.25, -0.2) is 0 Å². The molecular formula is C19H17F2N3O3. The predicted octanol–water partition coefficient (Wildman–Crippen LogP) is 3.45. The zero-order valence-electron chi connectivity index (χ0n) is 14.4. The number of nitrogens with one attached hydrogen (secondary N) is 1. The number of para-hydroxylation sites is 3. The van der Waals surface area contributed by atoms with Crippen LogP contribution in [0.5, 0.6) is 5.75 Å². The van der Waals surface area contributed by atoms with E-state index in [2.05, 4.69) is 15.2 Å². The molecule has 0 spiro atoms. The highest BCUT2D eigenvalue weighted by atomic mass is 19.3. The summed E-state index contributed by atoms with van der Waals surface area (Å²) < 4.78 is 29.4. The van der Waals surface area contributed by atoms with E-state index in [1.165, 1.54) is 30.1 Å². The number of carbonyl (C=O) groups excluding carboxylic acids is 2. The zero-order valence-corrected chi connectivity index (χ0v) is 14.4. The summed E-state index contributed by atoms with van der Waals surface area (Å²) in [5, 5.41) is 8.30. The van der Waals surface area contributed by atoms with Crippen LogP contribution in [-0.2, 0) is 9.59 Å². The number of hydrogen-bond donors (Lipinski definition) is 1. The molecule has 0 radical (unpaired) electrons. The monoisotopic (exact) mass is 373 g/mol. The second-order valence-electron chi connectivity index (χ2n) is 5.89. The number of ether oxygens (including phenoxy) is 1. The maximum absolute atomic E-state index is 12.6. The number of anilines is 2. The first-order chi connectivity index (χ1) is 13.0. The Morgan fingerprint density at radius 2 is 1.81 bits per heavy atom. The molecule has 1 atom stereocenters. The summed E-state index contributed by atoms with van der Waals surface area (Å²) in [4.78, 5) is 24.6. The molecule has 140 valence electrons. The minimum atomic E-state index is -3.01. The molecule has 8 heteroatoms. The van der Waals surface area contributed by atoms with E-state index in [1.807, 2.05) is 6.07 Å². The second-order valence-corrected chi connectivity index (χ2v) is 5.89. The fourth-order valence-corrected chi connectivity index (χ4v) is 2.75. The minimum absolute atomic E-state index is 0.100. The topological polar surface area (TPSA) is 71.0 Å². The van der Waals surface area contributed by atoms with E-state index in [4.69, 9.17) is 0 Å². The summed E-state index contributed by atoms with van der Waals surface area (Å²) in [6.07, 6.45) is 0.119. The lowest BCUT2D eigenvalue weighted by Gasteiger charge is -2.20. The van der Waals surface area contributed by atoms with Gasteiger partial charge in [-0.1, -0.05) is 30.3 Å². The SMILES string of the molecule is CC(=O)C1CC(C(=O)Nc2ccccc2OC(F)F)=NN1c1ccccc1. The molecule has 3 rings (SSSR count). The molecule has 0 fully saturated rings. The highest BCUT2D eigenvalue weighted by Crippen LogP contribution is 2.28. The largest absolute Gasteiger partial charge is 0.433 e. The highest BCUT2D eigenvalue weighted by Gasteiger charge is 2.34. The molecule has 1 heterocycles. The van der Waals surface area contributed by atoms with Gasteiger partial charge in [-0.15, -0.1) is 0 Å². The van der Waals surface area contributed by atoms with Crippen LogP contribution in [0.2, 0.25) is 0 Å². The summed E-state index contributed by atoms with van der Waals surface area (Å²) in [6, 6.07) is 14.3. The number of carbonyl (C=O) groups is 2. The third-order valence-corrected chi connectivity index (χ3v) is 4.01. The van der Waals surface area contributed by atoms with E-state index in [-0.39, 0.29) is 29.4 Å². The Balaban J connectivity index is 1.82. The average Bonchev–Trinajstić information content (AvgIpc) is 3.09. The molecule has 0 aromatic heterocycles. The van der Waals surface area contributed by atoms with Crippen molar-refractivity contribution in [3.8, 4) is 5.75 Å². The summed E-state index contributed by atoms with van der Waals surface area (Å²) >= 11 is 0. The van der Waals surface area contributed by atoms with Crippen LogP contribution in [0.4, 0.5) is 20.2 Å². The van der Waals surface area contributed by atoms with E-state index in [0.29, 0.717) is 5.69 Å². The van der Waals surface area contributed by atoms with Crippen molar-refractivity contribution in [2.24, 2.45) is 5.10 Å². The molecule has 1 N–H and O–H groups in total. The van der Waals surface area contributed by atoms with Gasteiger partial charge in [0.15, 0.2) is 5.78 Å². The van der Waals surface area contributed by atoms with E-state index in [0.717, 1.165) is 0 Å². The van der Waals surface area contributed by atoms with Crippen LogP contribution in [0.25, 0.3) is 0 Å². The third kappa shape index (κ3) is 4.28. The summed E-state index contributed by atoms with van der Waals surface area (Å²) in [5.74, 6) is -0.862. The van der Waals surface area contributed by atoms with Crippen molar-refractivity contribution in [2.45, 2.75) is 26.0 Å². The Bertz CT molecular complexity index is 872. The number of amides is 1. The van der Waals surface area contributed by atoms with Gasteiger partial charge in [0.05, 0.1) is 11.4 Å². The first-order valence-corrected chi connectivity index (χ1v) is 8.23. The van der Waals surface area contributed by atoms with Gasteiger partial charge in [0.2, 0.25) is 0 Å². The zero-order chi connectivity index (χ0) is 19.4. The van der Waals surface area contributed by atoms with Gasteiger partial charge in [0, 0.05) is 6.42 Å². The Morgan fingerprint density at radius 1 is 1.15 bits per heavy atom. The van der Waals surface area contributed by atoms with Crippen LogP contribution in [0.3, 0.4) is 0 Å². The number of ketones is 1. The lowest BCUT2D eigenvalue weighted by Crippen LogP contribution is -2.33. The maximum atomic E-state index is 12.6. The first-order valence-electron chi connectivity index (χ1n) is 8.23. The number of alkyl halides is 2.